The van der Waals surface area contributed by atoms with Crippen LogP contribution in [0.1, 0.15) is 22.5 Å². The van der Waals surface area contributed by atoms with E-state index in [2.05, 4.69) is 4.98 Å². The number of halogens is 3. The number of aliphatic hydroxyl groups excluding tert-OH is 1. The van der Waals surface area contributed by atoms with Crippen LogP contribution in [0.25, 0.3) is 0 Å². The Labute approximate surface area is 120 Å². The Bertz CT molecular complexity index is 627. The number of pyridine rings is 1. The second kappa shape index (κ2) is 6.13. The third-order valence-corrected chi connectivity index (χ3v) is 2.85. The van der Waals surface area contributed by atoms with Crippen molar-refractivity contribution in [3.05, 3.63) is 58.9 Å². The van der Waals surface area contributed by atoms with Crippen molar-refractivity contribution in [1.82, 2.24) is 4.98 Å². The fourth-order valence-electron chi connectivity index (χ4n) is 1.85. The van der Waals surface area contributed by atoms with Crippen LogP contribution in [0.5, 0.6) is 5.75 Å². The highest BCUT2D eigenvalue weighted by Gasteiger charge is 2.34. The maximum absolute atomic E-state index is 13.0. The summed E-state index contributed by atoms with van der Waals surface area (Å²) in [6.45, 7) is 1.28. The second-order valence-electron chi connectivity index (χ2n) is 4.55. The van der Waals surface area contributed by atoms with Gasteiger partial charge in [0.05, 0.1) is 17.9 Å². The standard InChI is InChI=1S/C15H14F3NO2/c1-10-3-2-4-12(19-10)9-21-14-6-5-11(8-20)7-13(14)15(16,17)18/h2-7,20H,8-9H2,1H3. The minimum atomic E-state index is -4.54. The van der Waals surface area contributed by atoms with Gasteiger partial charge < -0.3 is 9.84 Å². The Morgan fingerprint density at radius 3 is 2.57 bits per heavy atom. The molecular weight excluding hydrogens is 283 g/mol. The first-order valence-corrected chi connectivity index (χ1v) is 6.26. The average molecular weight is 297 g/mol. The molecular formula is C15H14F3NO2. The Morgan fingerprint density at radius 1 is 1.19 bits per heavy atom. The number of rotatable bonds is 4. The molecule has 0 spiro atoms. The molecule has 21 heavy (non-hydrogen) atoms. The quantitative estimate of drug-likeness (QED) is 0.939. The number of aryl methyl sites for hydroxylation is 1. The maximum Gasteiger partial charge on any atom is 0.419 e. The Hall–Kier alpha value is -2.08. The van der Waals surface area contributed by atoms with E-state index in [9.17, 15) is 13.2 Å². The molecule has 0 saturated carbocycles. The van der Waals surface area contributed by atoms with Crippen molar-refractivity contribution in [3.8, 4) is 5.75 Å². The van der Waals surface area contributed by atoms with Crippen molar-refractivity contribution in [2.45, 2.75) is 26.3 Å². The molecule has 0 bridgehead atoms. The molecule has 0 atom stereocenters. The zero-order valence-electron chi connectivity index (χ0n) is 11.3. The maximum atomic E-state index is 13.0. The van der Waals surface area contributed by atoms with E-state index in [1.165, 1.54) is 12.1 Å². The summed E-state index contributed by atoms with van der Waals surface area (Å²) in [6, 6.07) is 8.74. The molecule has 0 unspecified atom stereocenters. The van der Waals surface area contributed by atoms with Crippen molar-refractivity contribution < 1.29 is 23.0 Å². The van der Waals surface area contributed by atoms with E-state index in [1.54, 1.807) is 25.1 Å². The molecule has 112 valence electrons. The number of nitrogens with zero attached hydrogens (tertiary/aromatic N) is 1. The number of ether oxygens (including phenoxy) is 1. The SMILES string of the molecule is Cc1cccc(COc2ccc(CO)cc2C(F)(F)F)n1. The first kappa shape index (κ1) is 15.3. The number of hydrogen-bond donors (Lipinski definition) is 1. The van der Waals surface area contributed by atoms with Gasteiger partial charge in [0.25, 0.3) is 0 Å². The molecule has 1 aromatic heterocycles. The van der Waals surface area contributed by atoms with Crippen LogP contribution in [0.4, 0.5) is 13.2 Å². The van der Waals surface area contributed by atoms with Gasteiger partial charge >= 0.3 is 6.18 Å². The summed E-state index contributed by atoms with van der Waals surface area (Å²) in [5, 5.41) is 8.94. The van der Waals surface area contributed by atoms with Gasteiger partial charge in [-0.25, -0.2) is 0 Å². The van der Waals surface area contributed by atoms with E-state index in [0.717, 1.165) is 11.8 Å². The third kappa shape index (κ3) is 3.95. The number of aliphatic hydroxyl groups is 1. The van der Waals surface area contributed by atoms with E-state index in [4.69, 9.17) is 9.84 Å². The van der Waals surface area contributed by atoms with E-state index in [0.29, 0.717) is 5.69 Å². The van der Waals surface area contributed by atoms with Crippen LogP contribution in [0.2, 0.25) is 0 Å². The smallest absolute Gasteiger partial charge is 0.419 e. The molecule has 0 aliphatic heterocycles. The van der Waals surface area contributed by atoms with Crippen LogP contribution in [0.15, 0.2) is 36.4 Å². The number of hydrogen-bond acceptors (Lipinski definition) is 3. The van der Waals surface area contributed by atoms with E-state index < -0.39 is 18.3 Å². The van der Waals surface area contributed by atoms with Crippen molar-refractivity contribution >= 4 is 0 Å². The highest BCUT2D eigenvalue weighted by molar-refractivity contribution is 5.39. The zero-order valence-corrected chi connectivity index (χ0v) is 11.3. The predicted octanol–water partition coefficient (Wildman–Crippen LogP) is 3.48. The van der Waals surface area contributed by atoms with Crippen LogP contribution < -0.4 is 4.74 Å². The fraction of sp³-hybridized carbons (Fsp3) is 0.267. The summed E-state index contributed by atoms with van der Waals surface area (Å²) in [7, 11) is 0. The Kier molecular flexibility index (Phi) is 4.47. The molecule has 0 amide bonds. The summed E-state index contributed by atoms with van der Waals surface area (Å²) in [6.07, 6.45) is -4.54. The van der Waals surface area contributed by atoms with Gasteiger partial charge in [-0.2, -0.15) is 13.2 Å². The fourth-order valence-corrected chi connectivity index (χ4v) is 1.85. The van der Waals surface area contributed by atoms with Gasteiger partial charge in [0, 0.05) is 5.69 Å². The predicted molar refractivity (Wildman–Crippen MR) is 70.7 cm³/mol. The monoisotopic (exact) mass is 297 g/mol. The van der Waals surface area contributed by atoms with Gasteiger partial charge in [-0.3, -0.25) is 4.98 Å². The minimum absolute atomic E-state index is 0.0523. The second-order valence-corrected chi connectivity index (χ2v) is 4.55. The molecule has 6 heteroatoms. The Morgan fingerprint density at radius 2 is 1.95 bits per heavy atom. The van der Waals surface area contributed by atoms with E-state index in [-0.39, 0.29) is 17.9 Å². The van der Waals surface area contributed by atoms with Gasteiger partial charge in [-0.1, -0.05) is 12.1 Å². The molecule has 1 N–H and O–H groups in total. The van der Waals surface area contributed by atoms with Crippen LogP contribution >= 0.6 is 0 Å². The number of aromatic nitrogens is 1. The normalized spacial score (nSPS) is 11.5. The van der Waals surface area contributed by atoms with Crippen molar-refractivity contribution in [2.24, 2.45) is 0 Å². The summed E-state index contributed by atoms with van der Waals surface area (Å²) < 4.78 is 44.2. The molecule has 1 aromatic carbocycles. The van der Waals surface area contributed by atoms with Crippen LogP contribution in [-0.4, -0.2) is 10.1 Å². The number of alkyl halides is 3. The van der Waals surface area contributed by atoms with Crippen LogP contribution in [-0.2, 0) is 19.4 Å². The highest BCUT2D eigenvalue weighted by atomic mass is 19.4. The van der Waals surface area contributed by atoms with Crippen LogP contribution in [0.3, 0.4) is 0 Å². The zero-order chi connectivity index (χ0) is 15.5. The molecule has 0 saturated heterocycles. The highest BCUT2D eigenvalue weighted by Crippen LogP contribution is 2.37. The summed E-state index contributed by atoms with van der Waals surface area (Å²) in [4.78, 5) is 4.17. The first-order chi connectivity index (χ1) is 9.90. The van der Waals surface area contributed by atoms with Crippen molar-refractivity contribution in [2.75, 3.05) is 0 Å². The summed E-state index contributed by atoms with van der Waals surface area (Å²) in [5.41, 5.74) is 0.599. The van der Waals surface area contributed by atoms with Crippen LogP contribution in [0, 0.1) is 6.92 Å². The van der Waals surface area contributed by atoms with Gasteiger partial charge in [-0.05, 0) is 36.8 Å². The van der Waals surface area contributed by atoms with Gasteiger partial charge in [0.1, 0.15) is 12.4 Å². The van der Waals surface area contributed by atoms with Crippen molar-refractivity contribution in [1.29, 1.82) is 0 Å². The third-order valence-electron chi connectivity index (χ3n) is 2.85. The van der Waals surface area contributed by atoms with Crippen molar-refractivity contribution in [3.63, 3.8) is 0 Å². The molecule has 3 nitrogen and oxygen atoms in total. The minimum Gasteiger partial charge on any atom is -0.487 e. The summed E-state index contributed by atoms with van der Waals surface area (Å²) in [5.74, 6) is -0.275. The molecule has 2 aromatic rings. The lowest BCUT2D eigenvalue weighted by atomic mass is 10.1. The van der Waals surface area contributed by atoms with E-state index >= 15 is 0 Å². The number of benzene rings is 1. The lowest BCUT2D eigenvalue weighted by Crippen LogP contribution is -2.10. The molecule has 0 fully saturated rings. The van der Waals surface area contributed by atoms with Gasteiger partial charge in [-0.15, -0.1) is 0 Å². The van der Waals surface area contributed by atoms with E-state index in [1.807, 2.05) is 0 Å². The van der Waals surface area contributed by atoms with Gasteiger partial charge in [0.2, 0.25) is 0 Å². The molecule has 0 radical (unpaired) electrons. The first-order valence-electron chi connectivity index (χ1n) is 6.26. The molecule has 2 rings (SSSR count). The summed E-state index contributed by atoms with van der Waals surface area (Å²) >= 11 is 0. The molecule has 0 aliphatic rings. The molecule has 0 aliphatic carbocycles. The largest absolute Gasteiger partial charge is 0.487 e. The topological polar surface area (TPSA) is 42.4 Å². The molecule has 1 heterocycles. The Balaban J connectivity index is 2.23. The lowest BCUT2D eigenvalue weighted by molar-refractivity contribution is -0.139. The van der Waals surface area contributed by atoms with Gasteiger partial charge in [0.15, 0.2) is 0 Å². The average Bonchev–Trinajstić information content (AvgIpc) is 2.44. The lowest BCUT2D eigenvalue weighted by Gasteiger charge is -2.15.